The van der Waals surface area contributed by atoms with E-state index in [1.807, 2.05) is 73.7 Å². The lowest BCUT2D eigenvalue weighted by atomic mass is 10.1. The summed E-state index contributed by atoms with van der Waals surface area (Å²) >= 11 is 0. The first-order chi connectivity index (χ1) is 11.7. The number of nitrogens with one attached hydrogen (secondary N) is 1. The molecule has 0 aliphatic carbocycles. The molecule has 1 N–H and O–H groups in total. The minimum Gasteiger partial charge on any atom is -0.456 e. The standard InChI is InChI=1S/C21H17NO2/c1-14-6-8-15(9-7-14)12-21(23)22-16-10-11-18-17-4-2-3-5-19(17)24-20(18)13-16/h2-11,13H,12H2,1H3,(H,22,23). The van der Waals surface area contributed by atoms with Crippen molar-refractivity contribution in [1.29, 1.82) is 0 Å². The van der Waals surface area contributed by atoms with Crippen LogP contribution in [0.2, 0.25) is 0 Å². The lowest BCUT2D eigenvalue weighted by Crippen LogP contribution is -2.14. The molecule has 0 aliphatic rings. The van der Waals surface area contributed by atoms with E-state index < -0.39 is 0 Å². The maximum Gasteiger partial charge on any atom is 0.228 e. The number of hydrogen-bond acceptors (Lipinski definition) is 2. The summed E-state index contributed by atoms with van der Waals surface area (Å²) in [5, 5.41) is 5.09. The normalized spacial score (nSPS) is 11.0. The molecule has 3 heteroatoms. The zero-order valence-corrected chi connectivity index (χ0v) is 13.4. The Labute approximate surface area is 139 Å². The molecule has 1 aromatic heterocycles. The van der Waals surface area contributed by atoms with Crippen LogP contribution in [0.3, 0.4) is 0 Å². The Bertz CT molecular complexity index is 1030. The molecule has 0 aliphatic heterocycles. The maximum atomic E-state index is 12.2. The topological polar surface area (TPSA) is 42.2 Å². The first-order valence-electron chi connectivity index (χ1n) is 7.96. The van der Waals surface area contributed by atoms with Crippen LogP contribution in [-0.4, -0.2) is 5.91 Å². The molecule has 0 bridgehead atoms. The first kappa shape index (κ1) is 14.5. The third-order valence-corrected chi connectivity index (χ3v) is 4.15. The van der Waals surface area contributed by atoms with Crippen molar-refractivity contribution in [2.45, 2.75) is 13.3 Å². The Morgan fingerprint density at radius 1 is 0.917 bits per heavy atom. The number of para-hydroxylation sites is 1. The average Bonchev–Trinajstić information content (AvgIpc) is 2.94. The minimum absolute atomic E-state index is 0.0330. The molecular weight excluding hydrogens is 298 g/mol. The molecular formula is C21H17NO2. The molecule has 4 rings (SSSR count). The number of hydrogen-bond donors (Lipinski definition) is 1. The van der Waals surface area contributed by atoms with Gasteiger partial charge < -0.3 is 9.73 Å². The summed E-state index contributed by atoms with van der Waals surface area (Å²) in [6, 6.07) is 21.7. The van der Waals surface area contributed by atoms with Gasteiger partial charge in [0.05, 0.1) is 6.42 Å². The van der Waals surface area contributed by atoms with E-state index in [-0.39, 0.29) is 5.91 Å². The lowest BCUT2D eigenvalue weighted by molar-refractivity contribution is -0.115. The minimum atomic E-state index is -0.0330. The zero-order chi connectivity index (χ0) is 16.5. The highest BCUT2D eigenvalue weighted by Crippen LogP contribution is 2.30. The van der Waals surface area contributed by atoms with Crippen LogP contribution in [0.25, 0.3) is 21.9 Å². The van der Waals surface area contributed by atoms with Crippen molar-refractivity contribution in [2.75, 3.05) is 5.32 Å². The fourth-order valence-electron chi connectivity index (χ4n) is 2.90. The van der Waals surface area contributed by atoms with Gasteiger partial charge in [-0.2, -0.15) is 0 Å². The van der Waals surface area contributed by atoms with Crippen LogP contribution in [0.15, 0.2) is 71.1 Å². The first-order valence-corrected chi connectivity index (χ1v) is 7.96. The average molecular weight is 315 g/mol. The van der Waals surface area contributed by atoms with E-state index in [2.05, 4.69) is 5.32 Å². The van der Waals surface area contributed by atoms with E-state index in [1.165, 1.54) is 5.56 Å². The monoisotopic (exact) mass is 315 g/mol. The van der Waals surface area contributed by atoms with Crippen LogP contribution in [0.1, 0.15) is 11.1 Å². The van der Waals surface area contributed by atoms with E-state index >= 15 is 0 Å². The van der Waals surface area contributed by atoms with Crippen molar-refractivity contribution in [3.63, 3.8) is 0 Å². The van der Waals surface area contributed by atoms with Crippen molar-refractivity contribution in [1.82, 2.24) is 0 Å². The molecule has 0 unspecified atom stereocenters. The SMILES string of the molecule is Cc1ccc(CC(=O)Nc2ccc3c(c2)oc2ccccc23)cc1. The van der Waals surface area contributed by atoms with Gasteiger partial charge in [0.1, 0.15) is 11.2 Å². The number of carbonyl (C=O) groups is 1. The summed E-state index contributed by atoms with van der Waals surface area (Å²) in [6.07, 6.45) is 0.360. The highest BCUT2D eigenvalue weighted by molar-refractivity contribution is 6.06. The molecule has 0 radical (unpaired) electrons. The van der Waals surface area contributed by atoms with Gasteiger partial charge in [-0.1, -0.05) is 48.0 Å². The Morgan fingerprint density at radius 3 is 2.50 bits per heavy atom. The Morgan fingerprint density at radius 2 is 1.67 bits per heavy atom. The second-order valence-electron chi connectivity index (χ2n) is 6.02. The van der Waals surface area contributed by atoms with Crippen LogP contribution in [0, 0.1) is 6.92 Å². The third kappa shape index (κ3) is 2.76. The number of anilines is 1. The lowest BCUT2D eigenvalue weighted by Gasteiger charge is -2.05. The van der Waals surface area contributed by atoms with Gasteiger partial charge in [-0.05, 0) is 30.7 Å². The number of aryl methyl sites for hydroxylation is 1. The van der Waals surface area contributed by atoms with Gasteiger partial charge >= 0.3 is 0 Å². The van der Waals surface area contributed by atoms with E-state index in [4.69, 9.17) is 4.42 Å². The number of fused-ring (bicyclic) bond motifs is 3. The number of carbonyl (C=O) groups excluding carboxylic acids is 1. The maximum absolute atomic E-state index is 12.2. The van der Waals surface area contributed by atoms with Crippen LogP contribution >= 0.6 is 0 Å². The largest absolute Gasteiger partial charge is 0.456 e. The summed E-state index contributed by atoms with van der Waals surface area (Å²) in [5.74, 6) is -0.0330. The Kier molecular flexibility index (Phi) is 3.54. The summed E-state index contributed by atoms with van der Waals surface area (Å²) in [5.41, 5.74) is 4.58. The molecule has 0 saturated heterocycles. The molecule has 0 saturated carbocycles. The third-order valence-electron chi connectivity index (χ3n) is 4.15. The second kappa shape index (κ2) is 5.85. The predicted molar refractivity (Wildman–Crippen MR) is 97.2 cm³/mol. The van der Waals surface area contributed by atoms with Gasteiger partial charge in [-0.3, -0.25) is 4.79 Å². The molecule has 3 nitrogen and oxygen atoms in total. The molecule has 1 amide bonds. The molecule has 0 fully saturated rings. The quantitative estimate of drug-likeness (QED) is 0.573. The molecule has 24 heavy (non-hydrogen) atoms. The van der Waals surface area contributed by atoms with Gasteiger partial charge in [-0.25, -0.2) is 0 Å². The van der Waals surface area contributed by atoms with E-state index in [0.717, 1.165) is 33.2 Å². The van der Waals surface area contributed by atoms with Gasteiger partial charge in [0, 0.05) is 22.5 Å². The summed E-state index contributed by atoms with van der Waals surface area (Å²) in [4.78, 5) is 12.2. The Hall–Kier alpha value is -3.07. The van der Waals surface area contributed by atoms with Crippen molar-refractivity contribution in [3.05, 3.63) is 77.9 Å². The number of rotatable bonds is 3. The smallest absolute Gasteiger partial charge is 0.228 e. The van der Waals surface area contributed by atoms with E-state index in [9.17, 15) is 4.79 Å². The predicted octanol–water partition coefficient (Wildman–Crippen LogP) is 5.08. The van der Waals surface area contributed by atoms with Crippen molar-refractivity contribution < 1.29 is 9.21 Å². The molecule has 0 atom stereocenters. The van der Waals surface area contributed by atoms with Gasteiger partial charge in [-0.15, -0.1) is 0 Å². The zero-order valence-electron chi connectivity index (χ0n) is 13.4. The number of amides is 1. The summed E-state index contributed by atoms with van der Waals surface area (Å²) < 4.78 is 5.85. The van der Waals surface area contributed by atoms with E-state index in [0.29, 0.717) is 6.42 Å². The van der Waals surface area contributed by atoms with E-state index in [1.54, 1.807) is 0 Å². The molecule has 1 heterocycles. The second-order valence-corrected chi connectivity index (χ2v) is 6.02. The van der Waals surface area contributed by atoms with Crippen LogP contribution in [-0.2, 0) is 11.2 Å². The van der Waals surface area contributed by atoms with Crippen molar-refractivity contribution in [3.8, 4) is 0 Å². The molecule has 118 valence electrons. The van der Waals surface area contributed by atoms with Gasteiger partial charge in [0.25, 0.3) is 0 Å². The van der Waals surface area contributed by atoms with Gasteiger partial charge in [0.2, 0.25) is 5.91 Å². The van der Waals surface area contributed by atoms with Crippen LogP contribution in [0.4, 0.5) is 5.69 Å². The fraction of sp³-hybridized carbons (Fsp3) is 0.0952. The summed E-state index contributed by atoms with van der Waals surface area (Å²) in [6.45, 7) is 2.03. The van der Waals surface area contributed by atoms with Gasteiger partial charge in [0.15, 0.2) is 0 Å². The fourth-order valence-corrected chi connectivity index (χ4v) is 2.90. The molecule has 3 aromatic carbocycles. The molecule has 4 aromatic rings. The number of furan rings is 1. The highest BCUT2D eigenvalue weighted by Gasteiger charge is 2.09. The highest BCUT2D eigenvalue weighted by atomic mass is 16.3. The summed E-state index contributed by atoms with van der Waals surface area (Å²) in [7, 11) is 0. The van der Waals surface area contributed by atoms with Crippen LogP contribution < -0.4 is 5.32 Å². The number of benzene rings is 3. The van der Waals surface area contributed by atoms with Crippen molar-refractivity contribution in [2.24, 2.45) is 0 Å². The molecule has 0 spiro atoms. The Balaban J connectivity index is 1.56. The van der Waals surface area contributed by atoms with Crippen LogP contribution in [0.5, 0.6) is 0 Å². The van der Waals surface area contributed by atoms with Crippen molar-refractivity contribution >= 4 is 33.5 Å².